The number of anilines is 1. The SMILES string of the molecule is COc1ccc2ccc3c(c2c1)N[C@](C(=O)O)(c1cccs1)C3=O. The van der Waals surface area contributed by atoms with Gasteiger partial charge in [0.2, 0.25) is 11.3 Å². The lowest BCUT2D eigenvalue weighted by molar-refractivity contribution is -0.140. The minimum Gasteiger partial charge on any atom is -0.497 e. The van der Waals surface area contributed by atoms with Gasteiger partial charge in [0.1, 0.15) is 5.75 Å². The normalized spacial score (nSPS) is 19.1. The topological polar surface area (TPSA) is 75.6 Å². The molecule has 0 bridgehead atoms. The van der Waals surface area contributed by atoms with Crippen molar-refractivity contribution in [2.45, 2.75) is 5.54 Å². The third-order valence-corrected chi connectivity index (χ3v) is 5.33. The van der Waals surface area contributed by atoms with E-state index >= 15 is 0 Å². The minimum atomic E-state index is -1.77. The summed E-state index contributed by atoms with van der Waals surface area (Å²) in [7, 11) is 1.57. The summed E-state index contributed by atoms with van der Waals surface area (Å²) in [6.45, 7) is 0. The molecule has 0 saturated heterocycles. The monoisotopic (exact) mass is 339 g/mol. The average molecular weight is 339 g/mol. The number of ketones is 1. The summed E-state index contributed by atoms with van der Waals surface area (Å²) in [5.41, 5.74) is -0.854. The Bertz CT molecular complexity index is 980. The highest BCUT2D eigenvalue weighted by molar-refractivity contribution is 7.10. The molecule has 0 fully saturated rings. The Morgan fingerprint density at radius 2 is 2.04 bits per heavy atom. The first-order valence-electron chi connectivity index (χ1n) is 7.29. The number of fused-ring (bicyclic) bond motifs is 3. The number of rotatable bonds is 3. The molecule has 3 aromatic rings. The van der Waals surface area contributed by atoms with Crippen LogP contribution in [0.25, 0.3) is 10.8 Å². The van der Waals surface area contributed by atoms with Gasteiger partial charge in [0.15, 0.2) is 0 Å². The van der Waals surface area contributed by atoms with Crippen molar-refractivity contribution in [1.82, 2.24) is 0 Å². The maximum absolute atomic E-state index is 13.0. The van der Waals surface area contributed by atoms with Gasteiger partial charge < -0.3 is 15.2 Å². The molecule has 0 aliphatic carbocycles. The molecule has 2 aromatic carbocycles. The smallest absolute Gasteiger partial charge is 0.343 e. The predicted molar refractivity (Wildman–Crippen MR) is 92.1 cm³/mol. The van der Waals surface area contributed by atoms with Gasteiger partial charge in [-0.2, -0.15) is 0 Å². The lowest BCUT2D eigenvalue weighted by atomic mass is 9.91. The molecule has 4 rings (SSSR count). The highest BCUT2D eigenvalue weighted by atomic mass is 32.1. The van der Waals surface area contributed by atoms with Gasteiger partial charge >= 0.3 is 5.97 Å². The van der Waals surface area contributed by atoms with Crippen LogP contribution in [-0.4, -0.2) is 24.0 Å². The number of thiophene rings is 1. The van der Waals surface area contributed by atoms with Gasteiger partial charge in [-0.1, -0.05) is 18.2 Å². The van der Waals surface area contributed by atoms with Crippen molar-refractivity contribution in [1.29, 1.82) is 0 Å². The summed E-state index contributed by atoms with van der Waals surface area (Å²) >= 11 is 1.25. The fourth-order valence-corrected chi connectivity index (χ4v) is 3.99. The quantitative estimate of drug-likeness (QED) is 0.714. The molecule has 1 aromatic heterocycles. The zero-order valence-electron chi connectivity index (χ0n) is 12.7. The second-order valence-corrected chi connectivity index (χ2v) is 6.51. The van der Waals surface area contributed by atoms with Crippen LogP contribution in [0.5, 0.6) is 5.75 Å². The summed E-state index contributed by atoms with van der Waals surface area (Å²) in [6.07, 6.45) is 0. The molecule has 0 amide bonds. The van der Waals surface area contributed by atoms with Crippen LogP contribution < -0.4 is 10.1 Å². The number of Topliss-reactive ketones (excluding diaryl/α,β-unsaturated/α-hetero) is 1. The number of carboxylic acid groups (broad SMARTS) is 1. The Morgan fingerprint density at radius 1 is 1.25 bits per heavy atom. The van der Waals surface area contributed by atoms with E-state index in [0.29, 0.717) is 21.9 Å². The summed E-state index contributed by atoms with van der Waals surface area (Å²) in [5.74, 6) is -1.01. The molecule has 1 atom stereocenters. The van der Waals surface area contributed by atoms with Crippen molar-refractivity contribution in [3.63, 3.8) is 0 Å². The highest BCUT2D eigenvalue weighted by Gasteiger charge is 2.54. The fourth-order valence-electron chi connectivity index (χ4n) is 3.12. The predicted octanol–water partition coefficient (Wildman–Crippen LogP) is 3.50. The van der Waals surface area contributed by atoms with Crippen molar-refractivity contribution in [3.05, 3.63) is 58.3 Å². The molecule has 5 nitrogen and oxygen atoms in total. The maximum atomic E-state index is 13.0. The Morgan fingerprint density at radius 3 is 2.71 bits per heavy atom. The number of benzene rings is 2. The van der Waals surface area contributed by atoms with Gasteiger partial charge in [-0.3, -0.25) is 4.79 Å². The summed E-state index contributed by atoms with van der Waals surface area (Å²) in [6, 6.07) is 12.4. The molecule has 120 valence electrons. The van der Waals surface area contributed by atoms with Crippen molar-refractivity contribution in [2.75, 3.05) is 12.4 Å². The molecule has 1 aliphatic heterocycles. The van der Waals surface area contributed by atoms with Crippen LogP contribution in [0.2, 0.25) is 0 Å². The van der Waals surface area contributed by atoms with Gasteiger partial charge in [-0.05, 0) is 35.0 Å². The zero-order valence-corrected chi connectivity index (χ0v) is 13.5. The molecule has 6 heteroatoms. The van der Waals surface area contributed by atoms with E-state index in [1.54, 1.807) is 36.8 Å². The standard InChI is InChI=1S/C18H13NO4S/c1-23-11-6-4-10-5-7-12-15(13(10)9-11)19-18(16(12)20,17(21)22)14-3-2-8-24-14/h2-9,19H,1H3,(H,21,22)/t18-/m1/s1. The lowest BCUT2D eigenvalue weighted by Crippen LogP contribution is -2.45. The van der Waals surface area contributed by atoms with E-state index in [-0.39, 0.29) is 0 Å². The number of carbonyl (C=O) groups is 2. The number of hydrogen-bond acceptors (Lipinski definition) is 5. The van der Waals surface area contributed by atoms with E-state index in [1.807, 2.05) is 18.2 Å². The van der Waals surface area contributed by atoms with Crippen LogP contribution in [-0.2, 0) is 10.3 Å². The Hall–Kier alpha value is -2.86. The fraction of sp³-hybridized carbons (Fsp3) is 0.111. The molecular weight excluding hydrogens is 326 g/mol. The number of ether oxygens (including phenoxy) is 1. The molecule has 0 radical (unpaired) electrons. The van der Waals surface area contributed by atoms with Gasteiger partial charge in [0.25, 0.3) is 0 Å². The Balaban J connectivity index is 1.99. The molecule has 2 heterocycles. The van der Waals surface area contributed by atoms with Crippen LogP contribution in [0.15, 0.2) is 47.8 Å². The molecule has 0 saturated carbocycles. The van der Waals surface area contributed by atoms with Crippen LogP contribution in [0, 0.1) is 0 Å². The molecule has 24 heavy (non-hydrogen) atoms. The Kier molecular flexibility index (Phi) is 3.11. The van der Waals surface area contributed by atoms with E-state index in [0.717, 1.165) is 10.8 Å². The second-order valence-electron chi connectivity index (χ2n) is 5.56. The number of aliphatic carboxylic acids is 1. The van der Waals surface area contributed by atoms with Gasteiger partial charge in [0, 0.05) is 15.8 Å². The van der Waals surface area contributed by atoms with Crippen molar-refractivity contribution >= 4 is 39.5 Å². The average Bonchev–Trinajstić information content (AvgIpc) is 3.21. The molecule has 0 spiro atoms. The minimum absolute atomic E-state index is 0.381. The number of nitrogens with one attached hydrogen (secondary N) is 1. The third-order valence-electron chi connectivity index (χ3n) is 4.34. The number of carbonyl (C=O) groups excluding carboxylic acids is 1. The first-order valence-corrected chi connectivity index (χ1v) is 8.17. The molecular formula is C18H13NO4S. The van der Waals surface area contributed by atoms with E-state index in [9.17, 15) is 14.7 Å². The Labute approximate surface area is 141 Å². The largest absolute Gasteiger partial charge is 0.497 e. The van der Waals surface area contributed by atoms with Gasteiger partial charge in [-0.25, -0.2) is 4.79 Å². The van der Waals surface area contributed by atoms with Crippen LogP contribution in [0.4, 0.5) is 5.69 Å². The summed E-state index contributed by atoms with van der Waals surface area (Å²) in [4.78, 5) is 25.5. The second kappa shape index (κ2) is 5.07. The number of methoxy groups -OCH3 is 1. The van der Waals surface area contributed by atoms with Crippen molar-refractivity contribution in [3.8, 4) is 5.75 Å². The first kappa shape index (κ1) is 14.7. The molecule has 0 unspecified atom stereocenters. The summed E-state index contributed by atoms with van der Waals surface area (Å²) in [5, 5.41) is 16.3. The lowest BCUT2D eigenvalue weighted by Gasteiger charge is -2.22. The van der Waals surface area contributed by atoms with E-state index < -0.39 is 17.3 Å². The first-order chi connectivity index (χ1) is 11.6. The zero-order chi connectivity index (χ0) is 16.9. The van der Waals surface area contributed by atoms with E-state index in [4.69, 9.17) is 4.74 Å². The van der Waals surface area contributed by atoms with Crippen LogP contribution >= 0.6 is 11.3 Å². The van der Waals surface area contributed by atoms with Crippen LogP contribution in [0.3, 0.4) is 0 Å². The molecule has 1 aliphatic rings. The van der Waals surface area contributed by atoms with E-state index in [2.05, 4.69) is 5.32 Å². The third kappa shape index (κ3) is 1.80. The molecule has 2 N–H and O–H groups in total. The number of carboxylic acids is 1. The van der Waals surface area contributed by atoms with Crippen LogP contribution in [0.1, 0.15) is 15.2 Å². The van der Waals surface area contributed by atoms with Crippen molar-refractivity contribution < 1.29 is 19.4 Å². The number of hydrogen-bond donors (Lipinski definition) is 2. The highest BCUT2D eigenvalue weighted by Crippen LogP contribution is 2.45. The van der Waals surface area contributed by atoms with Gasteiger partial charge in [0.05, 0.1) is 12.8 Å². The summed E-state index contributed by atoms with van der Waals surface area (Å²) < 4.78 is 5.25. The maximum Gasteiger partial charge on any atom is 0.343 e. The van der Waals surface area contributed by atoms with E-state index in [1.165, 1.54) is 11.3 Å². The van der Waals surface area contributed by atoms with Gasteiger partial charge in [-0.15, -0.1) is 11.3 Å². The van der Waals surface area contributed by atoms with Crippen molar-refractivity contribution in [2.24, 2.45) is 0 Å².